The Kier molecular flexibility index (Phi) is 58.2. The van der Waals surface area contributed by atoms with Crippen LogP contribution in [0.3, 0.4) is 0 Å². The van der Waals surface area contributed by atoms with Gasteiger partial charge in [-0.2, -0.15) is 0 Å². The average molecular weight is 1200 g/mol. The highest BCUT2D eigenvalue weighted by Gasteiger charge is 2.47. The van der Waals surface area contributed by atoms with E-state index in [1.165, 1.54) is 212 Å². The second-order valence-corrected chi connectivity index (χ2v) is 25.0. The van der Waals surface area contributed by atoms with E-state index >= 15 is 0 Å². The number of carbonyl (C=O) groups is 2. The van der Waals surface area contributed by atoms with E-state index in [9.17, 15) is 35.1 Å². The van der Waals surface area contributed by atoms with Crippen LogP contribution in [0.15, 0.2) is 60.8 Å². The molecule has 85 heavy (non-hydrogen) atoms. The van der Waals surface area contributed by atoms with E-state index in [2.05, 4.69) is 74.7 Å². The molecule has 0 aromatic heterocycles. The Hall–Kier alpha value is -2.64. The first-order chi connectivity index (χ1) is 41.7. The summed E-state index contributed by atoms with van der Waals surface area (Å²) < 4.78 is 17.7. The van der Waals surface area contributed by atoms with Gasteiger partial charge in [0, 0.05) is 6.42 Å². The molecule has 1 rings (SSSR count). The second-order valence-electron chi connectivity index (χ2n) is 25.0. The third-order valence-electron chi connectivity index (χ3n) is 16.9. The Morgan fingerprint density at radius 3 is 1.25 bits per heavy atom. The summed E-state index contributed by atoms with van der Waals surface area (Å²) in [5.41, 5.74) is 0. The fourth-order valence-corrected chi connectivity index (χ4v) is 11.2. The maximum Gasteiger partial charge on any atom is 0.306 e. The molecule has 0 bridgehead atoms. The van der Waals surface area contributed by atoms with E-state index in [4.69, 9.17) is 14.2 Å². The molecule has 0 aromatic carbocycles. The smallest absolute Gasteiger partial charge is 0.306 e. The van der Waals surface area contributed by atoms with Crippen molar-refractivity contribution in [3.05, 3.63) is 60.8 Å². The van der Waals surface area contributed by atoms with Gasteiger partial charge in [-0.15, -0.1) is 0 Å². The maximum atomic E-state index is 13.5. The molecule has 8 unspecified atom stereocenters. The number of rotatable bonds is 62. The number of nitrogens with one attached hydrogen (secondary N) is 1. The van der Waals surface area contributed by atoms with Gasteiger partial charge in [0.2, 0.25) is 5.91 Å². The normalized spacial score (nSPS) is 18.7. The monoisotopic (exact) mass is 1200 g/mol. The lowest BCUT2D eigenvalue weighted by molar-refractivity contribution is -0.305. The molecule has 1 saturated heterocycles. The second kappa shape index (κ2) is 61.6. The number of carbonyl (C=O) groups excluding carboxylic acids is 2. The van der Waals surface area contributed by atoms with Gasteiger partial charge < -0.3 is 45.1 Å². The number of amides is 1. The Balaban J connectivity index is 2.59. The van der Waals surface area contributed by atoms with Gasteiger partial charge in [0.15, 0.2) is 12.4 Å². The lowest BCUT2D eigenvalue weighted by atomic mass is 9.99. The quantitative estimate of drug-likeness (QED) is 0.0195. The zero-order valence-electron chi connectivity index (χ0n) is 55.2. The number of ether oxygens (including phenoxy) is 3. The van der Waals surface area contributed by atoms with E-state index in [0.29, 0.717) is 12.8 Å². The molecule has 11 heteroatoms. The molecular formula is C74H135NO10. The van der Waals surface area contributed by atoms with Crippen LogP contribution in [0.25, 0.3) is 0 Å². The van der Waals surface area contributed by atoms with Crippen molar-refractivity contribution in [3.8, 4) is 0 Å². The predicted molar refractivity (Wildman–Crippen MR) is 356 cm³/mol. The van der Waals surface area contributed by atoms with E-state index in [1.54, 1.807) is 6.08 Å². The van der Waals surface area contributed by atoms with Gasteiger partial charge in [-0.05, 0) is 89.9 Å². The van der Waals surface area contributed by atoms with Crippen LogP contribution >= 0.6 is 0 Å². The molecule has 1 aliphatic rings. The van der Waals surface area contributed by atoms with Crippen LogP contribution in [-0.2, 0) is 23.8 Å². The zero-order chi connectivity index (χ0) is 61.7. The largest absolute Gasteiger partial charge is 0.454 e. The highest BCUT2D eigenvalue weighted by molar-refractivity contribution is 5.80. The number of aliphatic hydroxyl groups excluding tert-OH is 5. The Bertz CT molecular complexity index is 1620. The van der Waals surface area contributed by atoms with Crippen molar-refractivity contribution in [2.24, 2.45) is 0 Å². The number of hydrogen-bond donors (Lipinski definition) is 6. The van der Waals surface area contributed by atoms with E-state index in [1.807, 2.05) is 6.08 Å². The van der Waals surface area contributed by atoms with Crippen molar-refractivity contribution in [1.82, 2.24) is 5.32 Å². The van der Waals surface area contributed by atoms with Gasteiger partial charge >= 0.3 is 5.97 Å². The standard InChI is InChI=1S/C74H135NO10/c1-4-7-10-13-16-19-22-25-27-29-31-32-33-34-35-37-38-40-43-46-49-52-55-58-61-67(78)73(82)75-65(66(77)60-57-54-51-48-45-42-24-21-18-15-12-9-6-3)64-83-74-72(71(81)70(80)68(63-76)84-74)85-69(79)62-59-56-53-50-47-44-41-39-36-30-28-26-23-20-17-14-11-8-5-2/h16,19,25-28,31-32,57,60,65-68,70-72,74,76-78,80-81H,4-15,17-18,20-24,29-30,33-56,58-59,61-64H2,1-3H3,(H,75,82)/b19-16-,27-25-,28-26+,32-31-,60-57+. The van der Waals surface area contributed by atoms with Crippen molar-refractivity contribution in [1.29, 1.82) is 0 Å². The summed E-state index contributed by atoms with van der Waals surface area (Å²) in [4.78, 5) is 26.7. The summed E-state index contributed by atoms with van der Waals surface area (Å²) in [6.45, 7) is 5.80. The van der Waals surface area contributed by atoms with Crippen LogP contribution in [0.5, 0.6) is 0 Å². The zero-order valence-corrected chi connectivity index (χ0v) is 55.2. The lowest BCUT2D eigenvalue weighted by Crippen LogP contribution is -2.61. The number of esters is 1. The number of aliphatic hydroxyl groups is 5. The minimum atomic E-state index is -1.62. The molecular weight excluding hydrogens is 1060 g/mol. The van der Waals surface area contributed by atoms with Crippen LogP contribution in [0.4, 0.5) is 0 Å². The summed E-state index contributed by atoms with van der Waals surface area (Å²) in [6.07, 6.45) is 68.2. The number of allylic oxidation sites excluding steroid dienone is 9. The van der Waals surface area contributed by atoms with Gasteiger partial charge in [0.1, 0.15) is 24.4 Å². The van der Waals surface area contributed by atoms with E-state index in [-0.39, 0.29) is 19.4 Å². The van der Waals surface area contributed by atoms with Crippen LogP contribution < -0.4 is 5.32 Å². The van der Waals surface area contributed by atoms with Gasteiger partial charge in [-0.3, -0.25) is 9.59 Å². The molecule has 1 fully saturated rings. The minimum Gasteiger partial charge on any atom is -0.454 e. The Morgan fingerprint density at radius 1 is 0.459 bits per heavy atom. The number of hydrogen-bond acceptors (Lipinski definition) is 10. The summed E-state index contributed by atoms with van der Waals surface area (Å²) >= 11 is 0. The fraction of sp³-hybridized carbons (Fsp3) is 0.838. The maximum absolute atomic E-state index is 13.5. The third-order valence-corrected chi connectivity index (χ3v) is 16.9. The summed E-state index contributed by atoms with van der Waals surface area (Å²) in [5, 5.41) is 57.3. The highest BCUT2D eigenvalue weighted by Crippen LogP contribution is 2.26. The van der Waals surface area contributed by atoms with Crippen LogP contribution in [0, 0.1) is 0 Å². The van der Waals surface area contributed by atoms with E-state index < -0.39 is 67.4 Å². The molecule has 0 radical (unpaired) electrons. The molecule has 1 amide bonds. The molecule has 0 aliphatic carbocycles. The van der Waals surface area contributed by atoms with Crippen LogP contribution in [0.2, 0.25) is 0 Å². The van der Waals surface area contributed by atoms with Gasteiger partial charge in [-0.25, -0.2) is 0 Å². The molecule has 496 valence electrons. The minimum absolute atomic E-state index is 0.122. The molecule has 1 heterocycles. The van der Waals surface area contributed by atoms with Gasteiger partial charge in [0.05, 0.1) is 25.4 Å². The highest BCUT2D eigenvalue weighted by atomic mass is 16.7. The van der Waals surface area contributed by atoms with Crippen molar-refractivity contribution in [3.63, 3.8) is 0 Å². The SMILES string of the molecule is CCCCC/C=C\C/C=C\C/C=C\CCCCCCCCCCCCCC(O)C(=O)NC(COC1OC(CO)C(O)C(O)C1OC(=O)CCCCCCCCCCC/C=C/CCCCCCCC)C(O)/C=C/CCCCCCCCCCCCC. The summed E-state index contributed by atoms with van der Waals surface area (Å²) in [5.74, 6) is -1.19. The molecule has 8 atom stereocenters. The number of unbranched alkanes of at least 4 members (excludes halogenated alkanes) is 40. The van der Waals surface area contributed by atoms with Crippen molar-refractivity contribution >= 4 is 11.9 Å². The van der Waals surface area contributed by atoms with Crippen LogP contribution in [0.1, 0.15) is 335 Å². The van der Waals surface area contributed by atoms with Gasteiger partial charge in [0.25, 0.3) is 0 Å². The van der Waals surface area contributed by atoms with Crippen molar-refractivity contribution in [2.45, 2.75) is 384 Å². The molecule has 1 aliphatic heterocycles. The predicted octanol–water partition coefficient (Wildman–Crippen LogP) is 18.5. The molecule has 6 N–H and O–H groups in total. The topological polar surface area (TPSA) is 175 Å². The molecule has 0 saturated carbocycles. The summed E-state index contributed by atoms with van der Waals surface area (Å²) in [6, 6.07) is -1.03. The first-order valence-electron chi connectivity index (χ1n) is 36.1. The fourth-order valence-electron chi connectivity index (χ4n) is 11.2. The first-order valence-corrected chi connectivity index (χ1v) is 36.1. The molecule has 0 spiro atoms. The molecule has 11 nitrogen and oxygen atoms in total. The lowest BCUT2D eigenvalue weighted by Gasteiger charge is -2.41. The van der Waals surface area contributed by atoms with E-state index in [0.717, 1.165) is 77.0 Å². The van der Waals surface area contributed by atoms with Crippen molar-refractivity contribution < 1.29 is 49.3 Å². The van der Waals surface area contributed by atoms with Crippen molar-refractivity contribution in [2.75, 3.05) is 13.2 Å². The third kappa shape index (κ3) is 48.9. The summed E-state index contributed by atoms with van der Waals surface area (Å²) in [7, 11) is 0. The Labute approximate surface area is 522 Å². The first kappa shape index (κ1) is 80.4. The Morgan fingerprint density at radius 2 is 0.812 bits per heavy atom. The average Bonchev–Trinajstić information content (AvgIpc) is 3.17. The molecule has 0 aromatic rings. The van der Waals surface area contributed by atoms with Gasteiger partial charge in [-0.1, -0.05) is 300 Å². The van der Waals surface area contributed by atoms with Crippen LogP contribution in [-0.4, -0.2) is 99.6 Å².